The van der Waals surface area contributed by atoms with Crippen LogP contribution in [0.2, 0.25) is 0 Å². The number of ether oxygens (including phenoxy) is 1. The average Bonchev–Trinajstić information content (AvgIpc) is 4.09. The van der Waals surface area contributed by atoms with Gasteiger partial charge in [-0.1, -0.05) is 72.8 Å². The van der Waals surface area contributed by atoms with Crippen LogP contribution in [0.5, 0.6) is 0 Å². The van der Waals surface area contributed by atoms with Crippen molar-refractivity contribution in [2.24, 2.45) is 23.7 Å². The van der Waals surface area contributed by atoms with Gasteiger partial charge in [-0.05, 0) is 146 Å². The van der Waals surface area contributed by atoms with Gasteiger partial charge in [0.2, 0.25) is 22.6 Å². The summed E-state index contributed by atoms with van der Waals surface area (Å²) in [5.41, 5.74) is -16.0. The molecule has 1 heterocycles. The van der Waals surface area contributed by atoms with Gasteiger partial charge in [-0.3, -0.25) is 19.2 Å². The van der Waals surface area contributed by atoms with Gasteiger partial charge < -0.3 is 20.5 Å². The SMILES string of the molecule is CCO/C=C\O.Cc1ccc(C(c2ccc(C)c(NC(=O)c3cccc(C(=O)Nc4cc(C(c5ccc(C)c(N6C(=O)C7C8C=CC(C8)C7C6=O)c5)(C(F)(F)F)C(F)(F)F)ccc4C)c3)c2)(C(F)(F)F)C(F)(F)F)cc1C. The summed E-state index contributed by atoms with van der Waals surface area (Å²) in [7, 11) is 0. The highest BCUT2D eigenvalue weighted by molar-refractivity contribution is 6.23. The number of alkyl halides is 12. The molecule has 2 aliphatic carbocycles. The number of aryl methyl sites for hydroxylation is 5. The Morgan fingerprint density at radius 1 is 0.558 bits per heavy atom. The lowest BCUT2D eigenvalue weighted by molar-refractivity contribution is -0.290. The predicted molar refractivity (Wildman–Crippen MR) is 261 cm³/mol. The number of amides is 4. The fourth-order valence-electron chi connectivity index (χ4n) is 10.5. The Labute approximate surface area is 433 Å². The van der Waals surface area contributed by atoms with Crippen molar-refractivity contribution in [2.45, 2.75) is 83.5 Å². The first-order valence-corrected chi connectivity index (χ1v) is 23.7. The molecule has 21 heteroatoms. The van der Waals surface area contributed by atoms with Gasteiger partial charge in [0, 0.05) is 22.5 Å². The number of aliphatic hydroxyl groups is 1. The molecule has 5 aromatic rings. The van der Waals surface area contributed by atoms with Crippen LogP contribution in [0.25, 0.3) is 0 Å². The molecular formula is C56H49F12N3O6. The number of imide groups is 1. The van der Waals surface area contributed by atoms with Gasteiger partial charge in [-0.2, -0.15) is 52.7 Å². The minimum absolute atomic E-state index is 0.00757. The first-order valence-electron chi connectivity index (χ1n) is 23.7. The maximum Gasteiger partial charge on any atom is 0.411 e. The molecule has 0 spiro atoms. The monoisotopic (exact) mass is 1090 g/mol. The quantitative estimate of drug-likeness (QED) is 0.0524. The molecule has 9 nitrogen and oxygen atoms in total. The Morgan fingerprint density at radius 2 is 0.948 bits per heavy atom. The largest absolute Gasteiger partial charge is 0.512 e. The topological polar surface area (TPSA) is 125 Å². The first-order chi connectivity index (χ1) is 35.9. The number of benzene rings is 5. The van der Waals surface area contributed by atoms with Crippen molar-refractivity contribution >= 4 is 40.7 Å². The zero-order valence-corrected chi connectivity index (χ0v) is 41.7. The van der Waals surface area contributed by atoms with Crippen LogP contribution < -0.4 is 15.5 Å². The van der Waals surface area contributed by atoms with Crippen LogP contribution in [0.3, 0.4) is 0 Å². The molecule has 8 rings (SSSR count). The molecule has 2 fully saturated rings. The van der Waals surface area contributed by atoms with E-state index in [0.717, 1.165) is 66.9 Å². The van der Waals surface area contributed by atoms with Gasteiger partial charge >= 0.3 is 24.7 Å². The number of hydrogen-bond donors (Lipinski definition) is 3. The third-order valence-electron chi connectivity index (χ3n) is 14.5. The van der Waals surface area contributed by atoms with E-state index < -0.39 is 110 Å². The number of nitrogens with zero attached hydrogens (tertiary/aromatic N) is 1. The molecule has 1 saturated heterocycles. The van der Waals surface area contributed by atoms with Crippen molar-refractivity contribution in [3.63, 3.8) is 0 Å². The minimum atomic E-state index is -6.13. The predicted octanol–water partition coefficient (Wildman–Crippen LogP) is 13.9. The molecule has 77 heavy (non-hydrogen) atoms. The lowest BCUT2D eigenvalue weighted by Crippen LogP contribution is -2.55. The second-order valence-corrected chi connectivity index (χ2v) is 19.1. The number of carbonyl (C=O) groups excluding carboxylic acids is 4. The number of rotatable bonds is 11. The Bertz CT molecular complexity index is 3140. The molecule has 5 aromatic carbocycles. The molecule has 1 saturated carbocycles. The van der Waals surface area contributed by atoms with E-state index >= 15 is 26.3 Å². The molecule has 4 atom stereocenters. The highest BCUT2D eigenvalue weighted by Gasteiger charge is 2.74. The number of carbonyl (C=O) groups is 4. The molecule has 4 unspecified atom stereocenters. The van der Waals surface area contributed by atoms with Gasteiger partial charge in [0.25, 0.3) is 11.8 Å². The van der Waals surface area contributed by atoms with Crippen molar-refractivity contribution in [3.05, 3.63) is 183 Å². The van der Waals surface area contributed by atoms with E-state index in [1.165, 1.54) is 40.9 Å². The van der Waals surface area contributed by atoms with Crippen molar-refractivity contribution < 1.29 is 81.7 Å². The molecule has 3 N–H and O–H groups in total. The van der Waals surface area contributed by atoms with E-state index in [2.05, 4.69) is 15.4 Å². The number of allylic oxidation sites excluding steroid dienone is 2. The zero-order chi connectivity index (χ0) is 57.0. The Morgan fingerprint density at radius 3 is 1.32 bits per heavy atom. The third kappa shape index (κ3) is 9.92. The van der Waals surface area contributed by atoms with Gasteiger partial charge in [-0.25, -0.2) is 4.90 Å². The molecule has 4 amide bonds. The molecule has 3 aliphatic rings. The third-order valence-corrected chi connectivity index (χ3v) is 14.5. The van der Waals surface area contributed by atoms with Crippen LogP contribution in [0.1, 0.15) is 84.1 Å². The van der Waals surface area contributed by atoms with Gasteiger partial charge in [-0.15, -0.1) is 0 Å². The Kier molecular flexibility index (Phi) is 15.4. The van der Waals surface area contributed by atoms with Crippen molar-refractivity contribution in [1.82, 2.24) is 0 Å². The Hall–Kier alpha value is -7.58. The zero-order valence-electron chi connectivity index (χ0n) is 41.7. The fourth-order valence-corrected chi connectivity index (χ4v) is 10.5. The smallest absolute Gasteiger partial charge is 0.411 e. The molecule has 2 bridgehead atoms. The summed E-state index contributed by atoms with van der Waals surface area (Å²) >= 11 is 0. The molecule has 0 aromatic heterocycles. The molecular weight excluding hydrogens is 1040 g/mol. The summed E-state index contributed by atoms with van der Waals surface area (Å²) in [6.45, 7) is 9.25. The molecule has 0 radical (unpaired) electrons. The van der Waals surface area contributed by atoms with Crippen LogP contribution in [-0.4, -0.2) is 60.0 Å². The lowest BCUT2D eigenvalue weighted by atomic mass is 9.72. The number of nitrogens with one attached hydrogen (secondary N) is 2. The summed E-state index contributed by atoms with van der Waals surface area (Å²) in [5, 5.41) is 12.5. The lowest BCUT2D eigenvalue weighted by Gasteiger charge is -2.39. The van der Waals surface area contributed by atoms with Crippen LogP contribution in [0.15, 0.2) is 122 Å². The van der Waals surface area contributed by atoms with Crippen molar-refractivity contribution in [1.29, 1.82) is 0 Å². The van der Waals surface area contributed by atoms with E-state index in [1.807, 2.05) is 6.92 Å². The van der Waals surface area contributed by atoms with E-state index in [9.17, 15) is 45.5 Å². The van der Waals surface area contributed by atoms with E-state index in [0.29, 0.717) is 59.9 Å². The maximum atomic E-state index is 15.6. The summed E-state index contributed by atoms with van der Waals surface area (Å²) in [5.74, 6) is -5.93. The highest BCUT2D eigenvalue weighted by atomic mass is 19.4. The van der Waals surface area contributed by atoms with Crippen molar-refractivity contribution in [3.8, 4) is 0 Å². The van der Waals surface area contributed by atoms with Gasteiger partial charge in [0.15, 0.2) is 0 Å². The van der Waals surface area contributed by atoms with E-state index in [-0.39, 0.29) is 45.2 Å². The van der Waals surface area contributed by atoms with E-state index in [1.54, 1.807) is 12.2 Å². The maximum absolute atomic E-state index is 15.6. The molecule has 1 aliphatic heterocycles. The number of hydrogen-bond acceptors (Lipinski definition) is 6. The number of anilines is 3. The number of halogens is 12. The number of aliphatic hydroxyl groups excluding tert-OH is 1. The fraction of sp³-hybridized carbons (Fsp3) is 0.321. The molecule has 408 valence electrons. The van der Waals surface area contributed by atoms with Crippen LogP contribution in [0, 0.1) is 58.3 Å². The minimum Gasteiger partial charge on any atom is -0.512 e. The Balaban J connectivity index is 0.00000136. The summed E-state index contributed by atoms with van der Waals surface area (Å²) in [4.78, 5) is 55.4. The summed E-state index contributed by atoms with van der Waals surface area (Å²) in [6, 6.07) is 13.3. The normalized spacial score (nSPS) is 18.6. The second kappa shape index (κ2) is 20.8. The van der Waals surface area contributed by atoms with Crippen LogP contribution in [-0.2, 0) is 25.2 Å². The first kappa shape index (κ1) is 57.1. The van der Waals surface area contributed by atoms with Gasteiger partial charge in [0.1, 0.15) is 12.5 Å². The average molecular weight is 1090 g/mol. The second-order valence-electron chi connectivity index (χ2n) is 19.1. The summed E-state index contributed by atoms with van der Waals surface area (Å²) in [6.07, 6.45) is -18.0. The number of fused-ring (bicyclic) bond motifs is 5. The van der Waals surface area contributed by atoms with E-state index in [4.69, 9.17) is 5.11 Å². The van der Waals surface area contributed by atoms with Crippen molar-refractivity contribution in [2.75, 3.05) is 22.1 Å². The van der Waals surface area contributed by atoms with Crippen LogP contribution in [0.4, 0.5) is 69.7 Å². The highest BCUT2D eigenvalue weighted by Crippen LogP contribution is 2.60. The standard InChI is InChI=1S/C52H41F12N3O4.C4H8O2/c1-25-9-15-34(19-29(25)5)47(49(53,54)55,50(56,57)58)35-16-10-26(2)38(22-35)65-43(68)32-7-6-8-33(21-32)44(69)66-39-23-36(17-11-27(39)3)48(51(59,60)61,52(62,63)64)37-18-12-28(4)40(24-37)67-45(70)41-30-13-14-31(20-30)42(41)46(67)71;1-2-6-4-3-5/h6-19,21-24,30-31,41-42H,20H2,1-5H3,(H,65,68)(H,66,69);3-5H,2H2,1H3/b;4-3-. The van der Waals surface area contributed by atoms with Crippen LogP contribution >= 0.6 is 0 Å². The van der Waals surface area contributed by atoms with Gasteiger partial charge in [0.05, 0.1) is 24.1 Å². The summed E-state index contributed by atoms with van der Waals surface area (Å²) < 4.78 is 188.